The Labute approximate surface area is 135 Å². The lowest BCUT2D eigenvalue weighted by Gasteiger charge is -2.02. The van der Waals surface area contributed by atoms with Crippen LogP contribution in [0.1, 0.15) is 65.2 Å². The lowest BCUT2D eigenvalue weighted by molar-refractivity contribution is -0.138. The molecule has 0 aromatic carbocycles. The van der Waals surface area contributed by atoms with Crippen molar-refractivity contribution in [3.05, 3.63) is 24.8 Å². The first-order valence-electron chi connectivity index (χ1n) is 8.02. The number of hydrogen-bond acceptors (Lipinski definition) is 4. The van der Waals surface area contributed by atoms with Crippen LogP contribution in [0.25, 0.3) is 0 Å². The number of hydrogen-bond donors (Lipinski definition) is 0. The molecular formula is C18H32O4. The second kappa shape index (κ2) is 17.5. The highest BCUT2D eigenvalue weighted by Gasteiger charge is 1.96. The molecule has 0 heterocycles. The molecule has 0 aromatic rings. The van der Waals surface area contributed by atoms with Crippen molar-refractivity contribution in [2.75, 3.05) is 13.7 Å². The molecule has 128 valence electrons. The van der Waals surface area contributed by atoms with Crippen molar-refractivity contribution in [1.82, 2.24) is 0 Å². The molecule has 0 aliphatic heterocycles. The van der Waals surface area contributed by atoms with Crippen LogP contribution >= 0.6 is 0 Å². The van der Waals surface area contributed by atoms with Gasteiger partial charge in [0.2, 0.25) is 0 Å². The minimum atomic E-state index is -0.347. The van der Waals surface area contributed by atoms with E-state index in [1.54, 1.807) is 6.92 Å². The third-order valence-electron chi connectivity index (χ3n) is 2.94. The van der Waals surface area contributed by atoms with E-state index in [0.29, 0.717) is 12.2 Å². The molecule has 0 amide bonds. The fraction of sp³-hybridized carbons (Fsp3) is 0.667. The van der Waals surface area contributed by atoms with Crippen LogP contribution in [0.5, 0.6) is 0 Å². The van der Waals surface area contributed by atoms with Crippen LogP contribution in [0, 0.1) is 0 Å². The Hall–Kier alpha value is -1.58. The van der Waals surface area contributed by atoms with E-state index >= 15 is 0 Å². The second-order valence-corrected chi connectivity index (χ2v) is 5.12. The smallest absolute Gasteiger partial charge is 0.332 e. The van der Waals surface area contributed by atoms with Crippen molar-refractivity contribution in [2.45, 2.75) is 65.2 Å². The number of unbranched alkanes of at least 4 members (excludes halogenated alkanes) is 7. The first-order valence-corrected chi connectivity index (χ1v) is 8.02. The van der Waals surface area contributed by atoms with Gasteiger partial charge in [-0.25, -0.2) is 9.59 Å². The quantitative estimate of drug-likeness (QED) is 0.318. The topological polar surface area (TPSA) is 52.6 Å². The van der Waals surface area contributed by atoms with Crippen molar-refractivity contribution >= 4 is 11.9 Å². The van der Waals surface area contributed by atoms with E-state index in [-0.39, 0.29) is 11.9 Å². The molecule has 4 heteroatoms. The molecule has 22 heavy (non-hydrogen) atoms. The molecule has 0 bridgehead atoms. The van der Waals surface area contributed by atoms with E-state index in [1.807, 2.05) is 0 Å². The predicted octanol–water partition coefficient (Wildman–Crippen LogP) is 4.59. The molecule has 0 spiro atoms. The molecule has 0 aliphatic rings. The average Bonchev–Trinajstić information content (AvgIpc) is 2.52. The number of ether oxygens (including phenoxy) is 2. The Morgan fingerprint density at radius 3 is 1.86 bits per heavy atom. The summed E-state index contributed by atoms with van der Waals surface area (Å²) in [6.45, 7) is 11.1. The van der Waals surface area contributed by atoms with E-state index in [4.69, 9.17) is 4.74 Å². The molecule has 4 nitrogen and oxygen atoms in total. The van der Waals surface area contributed by atoms with Gasteiger partial charge < -0.3 is 9.47 Å². The van der Waals surface area contributed by atoms with Gasteiger partial charge >= 0.3 is 11.9 Å². The molecule has 0 aromatic heterocycles. The minimum Gasteiger partial charge on any atom is -0.466 e. The van der Waals surface area contributed by atoms with E-state index in [2.05, 4.69) is 24.8 Å². The second-order valence-electron chi connectivity index (χ2n) is 5.12. The van der Waals surface area contributed by atoms with Gasteiger partial charge in [0.1, 0.15) is 0 Å². The van der Waals surface area contributed by atoms with Crippen molar-refractivity contribution in [3.63, 3.8) is 0 Å². The summed E-state index contributed by atoms with van der Waals surface area (Å²) in [5.74, 6) is -0.655. The van der Waals surface area contributed by atoms with Crippen molar-refractivity contribution in [1.29, 1.82) is 0 Å². The Kier molecular flexibility index (Phi) is 18.0. The van der Waals surface area contributed by atoms with E-state index in [1.165, 1.54) is 51.7 Å². The molecule has 0 atom stereocenters. The number of carbonyl (C=O) groups is 2. The van der Waals surface area contributed by atoms with Gasteiger partial charge in [-0.3, -0.25) is 0 Å². The molecule has 0 saturated carbocycles. The summed E-state index contributed by atoms with van der Waals surface area (Å²) in [6, 6.07) is 0. The molecule has 0 saturated heterocycles. The summed E-state index contributed by atoms with van der Waals surface area (Å²) in [6.07, 6.45) is 11.3. The van der Waals surface area contributed by atoms with Crippen LogP contribution in [0.3, 0.4) is 0 Å². The zero-order valence-corrected chi connectivity index (χ0v) is 14.5. The monoisotopic (exact) mass is 312 g/mol. The maximum Gasteiger partial charge on any atom is 0.332 e. The van der Waals surface area contributed by atoms with Gasteiger partial charge in [-0.1, -0.05) is 65.0 Å². The van der Waals surface area contributed by atoms with Crippen LogP contribution in [0.4, 0.5) is 0 Å². The third-order valence-corrected chi connectivity index (χ3v) is 2.94. The molecule has 0 aliphatic carbocycles. The summed E-state index contributed by atoms with van der Waals surface area (Å²) in [4.78, 5) is 20.9. The lowest BCUT2D eigenvalue weighted by atomic mass is 10.1. The fourth-order valence-electron chi connectivity index (χ4n) is 1.64. The molecule has 0 N–H and O–H groups in total. The van der Waals surface area contributed by atoms with Crippen molar-refractivity contribution in [3.8, 4) is 0 Å². The largest absolute Gasteiger partial charge is 0.466 e. The van der Waals surface area contributed by atoms with Crippen LogP contribution in [0.2, 0.25) is 0 Å². The normalized spacial score (nSPS) is 9.23. The third kappa shape index (κ3) is 18.4. The SMILES string of the molecule is C=C(C)C(=O)OC.C=CC(=O)OCCCCCCCCCC. The Balaban J connectivity index is 0. The fourth-order valence-corrected chi connectivity index (χ4v) is 1.64. The van der Waals surface area contributed by atoms with Crippen LogP contribution in [0.15, 0.2) is 24.8 Å². The first kappa shape index (κ1) is 22.7. The lowest BCUT2D eigenvalue weighted by Crippen LogP contribution is -2.01. The van der Waals surface area contributed by atoms with E-state index in [9.17, 15) is 9.59 Å². The predicted molar refractivity (Wildman–Crippen MR) is 90.6 cm³/mol. The van der Waals surface area contributed by atoms with Crippen molar-refractivity contribution < 1.29 is 19.1 Å². The highest BCUT2D eigenvalue weighted by Crippen LogP contribution is 2.08. The van der Waals surface area contributed by atoms with Crippen molar-refractivity contribution in [2.24, 2.45) is 0 Å². The molecule has 0 fully saturated rings. The average molecular weight is 312 g/mol. The number of carbonyl (C=O) groups excluding carboxylic acids is 2. The van der Waals surface area contributed by atoms with Gasteiger partial charge in [-0.15, -0.1) is 0 Å². The first-order chi connectivity index (χ1) is 10.5. The molecule has 0 radical (unpaired) electrons. The summed E-state index contributed by atoms with van der Waals surface area (Å²) in [5.41, 5.74) is 0.433. The van der Waals surface area contributed by atoms with Gasteiger partial charge in [-0.05, 0) is 13.3 Å². The summed E-state index contributed by atoms with van der Waals surface area (Å²) >= 11 is 0. The van der Waals surface area contributed by atoms with Crippen LogP contribution in [-0.2, 0) is 19.1 Å². The van der Waals surface area contributed by atoms with Crippen LogP contribution in [-0.4, -0.2) is 25.7 Å². The highest BCUT2D eigenvalue weighted by molar-refractivity contribution is 5.86. The zero-order chi connectivity index (χ0) is 17.2. The van der Waals surface area contributed by atoms with E-state index < -0.39 is 0 Å². The minimum absolute atomic E-state index is 0.307. The van der Waals surface area contributed by atoms with Gasteiger partial charge in [-0.2, -0.15) is 0 Å². The maximum absolute atomic E-state index is 10.7. The molecule has 0 rings (SSSR count). The highest BCUT2D eigenvalue weighted by atomic mass is 16.5. The number of rotatable bonds is 11. The summed E-state index contributed by atoms with van der Waals surface area (Å²) in [5, 5.41) is 0. The van der Waals surface area contributed by atoms with Crippen LogP contribution < -0.4 is 0 Å². The molecule has 0 unspecified atom stereocenters. The number of methoxy groups -OCH3 is 1. The van der Waals surface area contributed by atoms with Gasteiger partial charge in [0.25, 0.3) is 0 Å². The standard InChI is InChI=1S/C13H24O2.C5H8O2/c1-3-5-6-7-8-9-10-11-12-15-13(14)4-2;1-4(2)5(6)7-3/h4H,2-3,5-12H2,1H3;1H2,2-3H3. The summed E-state index contributed by atoms with van der Waals surface area (Å²) in [7, 11) is 1.33. The Bertz CT molecular complexity index is 321. The number of esters is 2. The maximum atomic E-state index is 10.7. The Morgan fingerprint density at radius 2 is 1.50 bits per heavy atom. The van der Waals surface area contributed by atoms with E-state index in [0.717, 1.165) is 12.8 Å². The van der Waals surface area contributed by atoms with Gasteiger partial charge in [0.05, 0.1) is 13.7 Å². The van der Waals surface area contributed by atoms with Gasteiger partial charge in [0.15, 0.2) is 0 Å². The molecular weight excluding hydrogens is 280 g/mol. The van der Waals surface area contributed by atoms with Gasteiger partial charge in [0, 0.05) is 11.6 Å². The summed E-state index contributed by atoms with van der Waals surface area (Å²) < 4.78 is 9.15. The Morgan fingerprint density at radius 1 is 1.00 bits per heavy atom. The zero-order valence-electron chi connectivity index (χ0n) is 14.5.